The average molecular weight is 275 g/mol. The van der Waals surface area contributed by atoms with E-state index in [2.05, 4.69) is 41.4 Å². The molecule has 4 nitrogen and oxygen atoms in total. The Labute approximate surface area is 121 Å². The molecule has 0 heterocycles. The second-order valence-corrected chi connectivity index (χ2v) is 5.99. The van der Waals surface area contributed by atoms with E-state index in [0.717, 1.165) is 24.9 Å². The van der Waals surface area contributed by atoms with Crippen LogP contribution in [0, 0.1) is 0 Å². The minimum Gasteiger partial charge on any atom is -0.372 e. The number of nitrogens with two attached hydrogens (primary N) is 1. The molecule has 20 heavy (non-hydrogen) atoms. The van der Waals surface area contributed by atoms with Crippen LogP contribution in [0.4, 0.5) is 5.69 Å². The van der Waals surface area contributed by atoms with E-state index in [9.17, 15) is 4.79 Å². The second kappa shape index (κ2) is 5.83. The average Bonchev–Trinajstić information content (AvgIpc) is 3.22. The number of carbonyl (C=O) groups excluding carboxylic acids is 1. The zero-order valence-corrected chi connectivity index (χ0v) is 12.6. The summed E-state index contributed by atoms with van der Waals surface area (Å²) >= 11 is 0. The van der Waals surface area contributed by atoms with E-state index in [-0.39, 0.29) is 5.91 Å². The first-order valence-corrected chi connectivity index (χ1v) is 7.32. The molecule has 1 aromatic rings. The third-order valence-corrected chi connectivity index (χ3v) is 3.98. The number of carbonyl (C=O) groups is 1. The summed E-state index contributed by atoms with van der Waals surface area (Å²) in [6.07, 6.45) is 3.31. The fourth-order valence-corrected chi connectivity index (χ4v) is 2.42. The summed E-state index contributed by atoms with van der Waals surface area (Å²) in [6, 6.07) is 8.89. The molecule has 0 radical (unpaired) electrons. The lowest BCUT2D eigenvalue weighted by molar-refractivity contribution is -0.123. The maximum atomic E-state index is 11.8. The van der Waals surface area contributed by atoms with Crippen molar-refractivity contribution in [1.29, 1.82) is 0 Å². The van der Waals surface area contributed by atoms with Gasteiger partial charge < -0.3 is 10.6 Å². The molecule has 0 aromatic heterocycles. The Kier molecular flexibility index (Phi) is 4.33. The van der Waals surface area contributed by atoms with Crippen LogP contribution in [0.3, 0.4) is 0 Å². The number of nitrogens with one attached hydrogen (secondary N) is 1. The summed E-state index contributed by atoms with van der Waals surface area (Å²) in [5.74, 6) is -0.290. The van der Waals surface area contributed by atoms with Gasteiger partial charge in [0, 0.05) is 25.3 Å². The van der Waals surface area contributed by atoms with Crippen molar-refractivity contribution >= 4 is 11.6 Å². The fourth-order valence-electron chi connectivity index (χ4n) is 2.42. The van der Waals surface area contributed by atoms with Crippen LogP contribution in [0.1, 0.15) is 32.3 Å². The van der Waals surface area contributed by atoms with Gasteiger partial charge in [-0.2, -0.15) is 0 Å². The zero-order valence-electron chi connectivity index (χ0n) is 12.6. The summed E-state index contributed by atoms with van der Waals surface area (Å²) in [6.45, 7) is 4.61. The topological polar surface area (TPSA) is 58.4 Å². The van der Waals surface area contributed by atoms with E-state index in [1.807, 2.05) is 14.0 Å². The van der Waals surface area contributed by atoms with Gasteiger partial charge in [-0.15, -0.1) is 0 Å². The predicted octanol–water partition coefficient (Wildman–Crippen LogP) is 1.68. The lowest BCUT2D eigenvalue weighted by Crippen LogP contribution is -2.59. The van der Waals surface area contributed by atoms with Gasteiger partial charge in [-0.1, -0.05) is 19.1 Å². The molecular weight excluding hydrogens is 250 g/mol. The molecule has 1 atom stereocenters. The summed E-state index contributed by atoms with van der Waals surface area (Å²) < 4.78 is 0. The number of amides is 1. The van der Waals surface area contributed by atoms with Crippen molar-refractivity contribution in [3.8, 4) is 0 Å². The van der Waals surface area contributed by atoms with Crippen molar-refractivity contribution in [1.82, 2.24) is 5.32 Å². The Morgan fingerprint density at radius 2 is 2.00 bits per heavy atom. The Balaban J connectivity index is 2.06. The number of benzene rings is 1. The van der Waals surface area contributed by atoms with Crippen molar-refractivity contribution in [2.45, 2.75) is 44.7 Å². The SMILES string of the molecule is CCc1ccc(N(C)CC(C)(NC2CC2)C(N)=O)cc1. The van der Waals surface area contributed by atoms with Crippen LogP contribution in [0.15, 0.2) is 24.3 Å². The first-order valence-electron chi connectivity index (χ1n) is 7.32. The zero-order chi connectivity index (χ0) is 14.8. The number of rotatable bonds is 7. The second-order valence-electron chi connectivity index (χ2n) is 5.99. The lowest BCUT2D eigenvalue weighted by atomic mass is 10.00. The first-order chi connectivity index (χ1) is 9.44. The standard InChI is InChI=1S/C16H25N3O/c1-4-12-5-9-14(10-6-12)19(3)11-16(2,15(17)20)18-13-7-8-13/h5-6,9-10,13,18H,4,7-8,11H2,1-3H3,(H2,17,20). The van der Waals surface area contributed by atoms with Gasteiger partial charge in [0.05, 0.1) is 0 Å². The number of anilines is 1. The van der Waals surface area contributed by atoms with Gasteiger partial charge in [-0.05, 0) is 43.9 Å². The molecule has 1 saturated carbocycles. The number of aryl methyl sites for hydroxylation is 1. The normalized spacial score (nSPS) is 17.6. The van der Waals surface area contributed by atoms with E-state index in [1.54, 1.807) is 0 Å². The molecule has 110 valence electrons. The van der Waals surface area contributed by atoms with Crippen molar-refractivity contribution in [3.63, 3.8) is 0 Å². The summed E-state index contributed by atoms with van der Waals surface area (Å²) in [5.41, 5.74) is 7.33. The van der Waals surface area contributed by atoms with Crippen molar-refractivity contribution < 1.29 is 4.79 Å². The van der Waals surface area contributed by atoms with Crippen LogP contribution in [0.25, 0.3) is 0 Å². The number of hydrogen-bond acceptors (Lipinski definition) is 3. The van der Waals surface area contributed by atoms with E-state index in [0.29, 0.717) is 12.6 Å². The Hall–Kier alpha value is -1.55. The van der Waals surface area contributed by atoms with Gasteiger partial charge in [0.1, 0.15) is 5.54 Å². The van der Waals surface area contributed by atoms with Crippen molar-refractivity contribution in [2.24, 2.45) is 5.73 Å². The molecule has 4 heteroatoms. The van der Waals surface area contributed by atoms with Gasteiger partial charge in [0.2, 0.25) is 5.91 Å². The van der Waals surface area contributed by atoms with Crippen LogP contribution in [-0.2, 0) is 11.2 Å². The van der Waals surface area contributed by atoms with E-state index in [1.165, 1.54) is 5.56 Å². The number of primary amides is 1. The number of likely N-dealkylation sites (N-methyl/N-ethyl adjacent to an activating group) is 1. The van der Waals surface area contributed by atoms with Crippen LogP contribution in [0.2, 0.25) is 0 Å². The third-order valence-electron chi connectivity index (χ3n) is 3.98. The van der Waals surface area contributed by atoms with Crippen LogP contribution >= 0.6 is 0 Å². The smallest absolute Gasteiger partial charge is 0.239 e. The molecule has 0 spiro atoms. The highest BCUT2D eigenvalue weighted by molar-refractivity contribution is 5.85. The quantitative estimate of drug-likeness (QED) is 0.796. The summed E-state index contributed by atoms with van der Waals surface area (Å²) in [5, 5.41) is 3.37. The first kappa shape index (κ1) is 14.9. The monoisotopic (exact) mass is 275 g/mol. The van der Waals surface area contributed by atoms with E-state index < -0.39 is 5.54 Å². The Morgan fingerprint density at radius 3 is 2.45 bits per heavy atom. The molecule has 0 aliphatic heterocycles. The maximum Gasteiger partial charge on any atom is 0.239 e. The number of nitrogens with zero attached hydrogens (tertiary/aromatic N) is 1. The molecule has 1 unspecified atom stereocenters. The Morgan fingerprint density at radius 1 is 1.40 bits per heavy atom. The highest BCUT2D eigenvalue weighted by Gasteiger charge is 2.37. The summed E-state index contributed by atoms with van der Waals surface area (Å²) in [4.78, 5) is 13.9. The number of hydrogen-bond donors (Lipinski definition) is 2. The van der Waals surface area contributed by atoms with Gasteiger partial charge in [-0.25, -0.2) is 0 Å². The molecular formula is C16H25N3O. The van der Waals surface area contributed by atoms with Crippen LogP contribution in [-0.4, -0.2) is 31.1 Å². The largest absolute Gasteiger partial charge is 0.372 e. The molecule has 2 rings (SSSR count). The van der Waals surface area contributed by atoms with Gasteiger partial charge in [0.15, 0.2) is 0 Å². The lowest BCUT2D eigenvalue weighted by Gasteiger charge is -2.33. The van der Waals surface area contributed by atoms with Crippen molar-refractivity contribution in [3.05, 3.63) is 29.8 Å². The molecule has 1 amide bonds. The molecule has 1 aromatic carbocycles. The maximum absolute atomic E-state index is 11.8. The highest BCUT2D eigenvalue weighted by Crippen LogP contribution is 2.24. The third kappa shape index (κ3) is 3.51. The molecule has 0 saturated heterocycles. The minimum absolute atomic E-state index is 0.290. The molecule has 1 aliphatic carbocycles. The summed E-state index contributed by atoms with van der Waals surface area (Å²) in [7, 11) is 2.00. The van der Waals surface area contributed by atoms with Gasteiger partial charge in [0.25, 0.3) is 0 Å². The predicted molar refractivity (Wildman–Crippen MR) is 82.8 cm³/mol. The van der Waals surface area contributed by atoms with E-state index in [4.69, 9.17) is 5.73 Å². The van der Waals surface area contributed by atoms with Crippen LogP contribution in [0.5, 0.6) is 0 Å². The molecule has 0 bridgehead atoms. The van der Waals surface area contributed by atoms with Gasteiger partial charge >= 0.3 is 0 Å². The molecule has 3 N–H and O–H groups in total. The van der Waals surface area contributed by atoms with E-state index >= 15 is 0 Å². The highest BCUT2D eigenvalue weighted by atomic mass is 16.1. The Bertz CT molecular complexity index is 467. The van der Waals surface area contributed by atoms with Crippen LogP contribution < -0.4 is 16.0 Å². The minimum atomic E-state index is -0.681. The molecule has 1 aliphatic rings. The van der Waals surface area contributed by atoms with Crippen molar-refractivity contribution in [2.75, 3.05) is 18.5 Å². The fraction of sp³-hybridized carbons (Fsp3) is 0.562. The molecule has 1 fully saturated rings. The van der Waals surface area contributed by atoms with Gasteiger partial charge in [-0.3, -0.25) is 10.1 Å².